The molecule has 0 amide bonds. The van der Waals surface area contributed by atoms with Gasteiger partial charge in [-0.05, 0) is 57.8 Å². The highest BCUT2D eigenvalue weighted by molar-refractivity contribution is 5.69. The number of carbonyl (C=O) groups is 1. The summed E-state index contributed by atoms with van der Waals surface area (Å²) in [7, 11) is 0. The molecule has 0 saturated carbocycles. The lowest BCUT2D eigenvalue weighted by molar-refractivity contribution is -0.154. The number of aliphatic hydroxyl groups is 1. The van der Waals surface area contributed by atoms with E-state index in [4.69, 9.17) is 9.47 Å². The van der Waals surface area contributed by atoms with Crippen molar-refractivity contribution >= 4 is 5.97 Å². The summed E-state index contributed by atoms with van der Waals surface area (Å²) in [6.07, 6.45) is 51.2. The standard InChI is InChI=1S/C42H74O4/c1-3-5-7-9-11-13-15-17-19-20-21-22-23-25-27-29-31-33-35-37-42(44)46-41(39-43)40-45-38-36-34-32-30-28-26-24-18-16-14-12-10-8-6-4-2/h5,7,11,13,17,19,21-22,25,27,41,43H,3-4,6,8-10,12,14-16,18,20,23-24,26,28-40H2,1-2H3/b7-5-,13-11-,19-17-,22-21-,27-25-. The van der Waals surface area contributed by atoms with Crippen molar-refractivity contribution < 1.29 is 19.4 Å². The van der Waals surface area contributed by atoms with Crippen LogP contribution in [0, 0.1) is 0 Å². The van der Waals surface area contributed by atoms with Crippen molar-refractivity contribution in [2.75, 3.05) is 19.8 Å². The molecule has 0 aromatic heterocycles. The van der Waals surface area contributed by atoms with Crippen LogP contribution in [0.3, 0.4) is 0 Å². The molecule has 0 aliphatic rings. The van der Waals surface area contributed by atoms with Crippen molar-refractivity contribution in [3.05, 3.63) is 60.8 Å². The molecule has 4 heteroatoms. The molecule has 0 bridgehead atoms. The van der Waals surface area contributed by atoms with Gasteiger partial charge in [0.15, 0.2) is 0 Å². The lowest BCUT2D eigenvalue weighted by Crippen LogP contribution is -2.27. The van der Waals surface area contributed by atoms with Crippen LogP contribution in [0.1, 0.15) is 174 Å². The second kappa shape index (κ2) is 39.3. The zero-order valence-corrected chi connectivity index (χ0v) is 30.3. The molecule has 1 unspecified atom stereocenters. The smallest absolute Gasteiger partial charge is 0.306 e. The van der Waals surface area contributed by atoms with Gasteiger partial charge in [0.2, 0.25) is 0 Å². The number of hydrogen-bond donors (Lipinski definition) is 1. The zero-order chi connectivity index (χ0) is 33.4. The van der Waals surface area contributed by atoms with E-state index in [2.05, 4.69) is 74.6 Å². The average Bonchev–Trinajstić information content (AvgIpc) is 3.06. The van der Waals surface area contributed by atoms with E-state index in [0.717, 1.165) is 64.2 Å². The summed E-state index contributed by atoms with van der Waals surface area (Å²) in [6, 6.07) is 0. The molecular formula is C42H74O4. The highest BCUT2D eigenvalue weighted by atomic mass is 16.6. The van der Waals surface area contributed by atoms with Crippen LogP contribution in [0.15, 0.2) is 60.8 Å². The van der Waals surface area contributed by atoms with Crippen LogP contribution >= 0.6 is 0 Å². The Hall–Kier alpha value is -1.91. The first-order valence-electron chi connectivity index (χ1n) is 19.4. The molecule has 0 aliphatic carbocycles. The summed E-state index contributed by atoms with van der Waals surface area (Å²) in [5, 5.41) is 9.57. The number of rotatable bonds is 35. The molecule has 266 valence electrons. The van der Waals surface area contributed by atoms with Gasteiger partial charge in [0.1, 0.15) is 6.10 Å². The number of ether oxygens (including phenoxy) is 2. The Morgan fingerprint density at radius 3 is 1.46 bits per heavy atom. The minimum absolute atomic E-state index is 0.186. The summed E-state index contributed by atoms with van der Waals surface area (Å²) >= 11 is 0. The Labute approximate surface area is 285 Å². The predicted molar refractivity (Wildman–Crippen MR) is 200 cm³/mol. The van der Waals surface area contributed by atoms with Crippen LogP contribution in [0.4, 0.5) is 0 Å². The fraction of sp³-hybridized carbons (Fsp3) is 0.738. The molecule has 0 heterocycles. The van der Waals surface area contributed by atoms with Gasteiger partial charge in [-0.1, -0.05) is 171 Å². The first kappa shape index (κ1) is 44.1. The maximum atomic E-state index is 12.2. The monoisotopic (exact) mass is 643 g/mol. The molecule has 1 N–H and O–H groups in total. The number of aliphatic hydroxyl groups excluding tert-OH is 1. The van der Waals surface area contributed by atoms with Crippen molar-refractivity contribution in [1.29, 1.82) is 0 Å². The van der Waals surface area contributed by atoms with Gasteiger partial charge in [0.25, 0.3) is 0 Å². The number of carbonyl (C=O) groups excluding carboxylic acids is 1. The molecule has 46 heavy (non-hydrogen) atoms. The largest absolute Gasteiger partial charge is 0.457 e. The third kappa shape index (κ3) is 36.6. The molecule has 0 aromatic carbocycles. The van der Waals surface area contributed by atoms with E-state index in [9.17, 15) is 9.90 Å². The van der Waals surface area contributed by atoms with Gasteiger partial charge in [-0.25, -0.2) is 0 Å². The Morgan fingerprint density at radius 1 is 0.543 bits per heavy atom. The fourth-order valence-electron chi connectivity index (χ4n) is 5.24. The normalized spacial score (nSPS) is 13.0. The van der Waals surface area contributed by atoms with E-state index in [-0.39, 0.29) is 19.2 Å². The summed E-state index contributed by atoms with van der Waals surface area (Å²) in [5.41, 5.74) is 0. The lowest BCUT2D eigenvalue weighted by Gasteiger charge is -2.15. The van der Waals surface area contributed by atoms with Gasteiger partial charge in [-0.15, -0.1) is 0 Å². The Kier molecular flexibility index (Phi) is 37.6. The predicted octanol–water partition coefficient (Wildman–Crippen LogP) is 12.5. The van der Waals surface area contributed by atoms with Gasteiger partial charge in [0, 0.05) is 13.0 Å². The molecule has 0 aromatic rings. The third-order valence-corrected chi connectivity index (χ3v) is 8.11. The summed E-state index contributed by atoms with van der Waals surface area (Å²) < 4.78 is 11.1. The van der Waals surface area contributed by atoms with E-state index >= 15 is 0 Å². The van der Waals surface area contributed by atoms with Gasteiger partial charge in [-0.2, -0.15) is 0 Å². The number of allylic oxidation sites excluding steroid dienone is 10. The molecule has 1 atom stereocenters. The topological polar surface area (TPSA) is 55.8 Å². The molecule has 0 saturated heterocycles. The van der Waals surface area contributed by atoms with E-state index in [1.807, 2.05) is 0 Å². The SMILES string of the molecule is CC/C=C\C/C=C\C/C=C\C/C=C\C/C=C\CCCCCC(=O)OC(CO)COCCCCCCCCCCCCCCCCC. The van der Waals surface area contributed by atoms with Gasteiger partial charge >= 0.3 is 5.97 Å². The zero-order valence-electron chi connectivity index (χ0n) is 30.3. The van der Waals surface area contributed by atoms with Crippen LogP contribution in [0.25, 0.3) is 0 Å². The fourth-order valence-corrected chi connectivity index (χ4v) is 5.24. The van der Waals surface area contributed by atoms with Crippen molar-refractivity contribution in [3.63, 3.8) is 0 Å². The lowest BCUT2D eigenvalue weighted by atomic mass is 10.0. The van der Waals surface area contributed by atoms with Gasteiger partial charge in [0.05, 0.1) is 13.2 Å². The van der Waals surface area contributed by atoms with E-state index in [1.54, 1.807) is 0 Å². The van der Waals surface area contributed by atoms with Gasteiger partial charge < -0.3 is 14.6 Å². The first-order chi connectivity index (χ1) is 22.7. The Bertz CT molecular complexity index is 764. The molecule has 0 spiro atoms. The van der Waals surface area contributed by atoms with Crippen LogP contribution in [-0.2, 0) is 14.3 Å². The molecule has 4 nitrogen and oxygen atoms in total. The van der Waals surface area contributed by atoms with Crippen LogP contribution < -0.4 is 0 Å². The number of esters is 1. The maximum Gasteiger partial charge on any atom is 0.306 e. The average molecular weight is 643 g/mol. The first-order valence-corrected chi connectivity index (χ1v) is 19.4. The Morgan fingerprint density at radius 2 is 0.978 bits per heavy atom. The van der Waals surface area contributed by atoms with Crippen molar-refractivity contribution in [2.24, 2.45) is 0 Å². The van der Waals surface area contributed by atoms with Crippen molar-refractivity contribution in [2.45, 2.75) is 180 Å². The number of unbranched alkanes of at least 4 members (excludes halogenated alkanes) is 17. The van der Waals surface area contributed by atoms with E-state index in [0.29, 0.717) is 13.0 Å². The van der Waals surface area contributed by atoms with Crippen LogP contribution in [0.2, 0.25) is 0 Å². The maximum absolute atomic E-state index is 12.2. The van der Waals surface area contributed by atoms with Crippen LogP contribution in [0.5, 0.6) is 0 Å². The van der Waals surface area contributed by atoms with Crippen molar-refractivity contribution in [1.82, 2.24) is 0 Å². The summed E-state index contributed by atoms with van der Waals surface area (Å²) in [6.45, 7) is 5.20. The highest BCUT2D eigenvalue weighted by Gasteiger charge is 2.13. The molecule has 0 rings (SSSR count). The van der Waals surface area contributed by atoms with E-state index < -0.39 is 6.10 Å². The molecular weight excluding hydrogens is 568 g/mol. The second-order valence-corrected chi connectivity index (χ2v) is 12.6. The summed E-state index contributed by atoms with van der Waals surface area (Å²) in [4.78, 5) is 12.2. The highest BCUT2D eigenvalue weighted by Crippen LogP contribution is 2.13. The quantitative estimate of drug-likeness (QED) is 0.0424. The Balaban J connectivity index is 3.53. The third-order valence-electron chi connectivity index (χ3n) is 8.11. The molecule has 0 fully saturated rings. The molecule has 0 radical (unpaired) electrons. The second-order valence-electron chi connectivity index (χ2n) is 12.6. The van der Waals surface area contributed by atoms with Crippen molar-refractivity contribution in [3.8, 4) is 0 Å². The minimum Gasteiger partial charge on any atom is -0.457 e. The van der Waals surface area contributed by atoms with E-state index in [1.165, 1.54) is 89.9 Å². The van der Waals surface area contributed by atoms with Crippen LogP contribution in [-0.4, -0.2) is 37.0 Å². The van der Waals surface area contributed by atoms with Gasteiger partial charge in [-0.3, -0.25) is 4.79 Å². The number of hydrogen-bond acceptors (Lipinski definition) is 4. The minimum atomic E-state index is -0.551. The summed E-state index contributed by atoms with van der Waals surface area (Å²) in [5.74, 6) is -0.232. The molecule has 0 aliphatic heterocycles.